The largest absolute Gasteiger partial charge is 0.361 e. The van der Waals surface area contributed by atoms with Crippen molar-refractivity contribution in [3.05, 3.63) is 65.9 Å². The van der Waals surface area contributed by atoms with E-state index in [1.54, 1.807) is 36.2 Å². The summed E-state index contributed by atoms with van der Waals surface area (Å²) in [5.74, 6) is -0.113. The molecule has 0 aliphatic heterocycles. The van der Waals surface area contributed by atoms with Crippen molar-refractivity contribution in [3.63, 3.8) is 0 Å². The number of H-pyrrole nitrogens is 1. The van der Waals surface area contributed by atoms with Crippen LogP contribution in [-0.4, -0.2) is 17.9 Å². The van der Waals surface area contributed by atoms with Crippen LogP contribution in [0.5, 0.6) is 0 Å². The molecule has 102 valence electrons. The number of carbonyl (C=O) groups excluding carboxylic acids is 1. The number of para-hydroxylation sites is 1. The molecule has 2 aromatic carbocycles. The molecule has 0 unspecified atom stereocenters. The third-order valence-electron chi connectivity index (χ3n) is 3.48. The molecule has 0 atom stereocenters. The predicted octanol–water partition coefficient (Wildman–Crippen LogP) is 3.32. The number of hydrogen-bond acceptors (Lipinski definition) is 2. The fourth-order valence-corrected chi connectivity index (χ4v) is 2.35. The standard InChI is InChI=1S/C17H13N3O/c1-20(14-6-2-4-12(10-14)11-18)17(21)15-7-3-5-13-8-9-19-16(13)15/h2-10,19H,1H3. The highest BCUT2D eigenvalue weighted by atomic mass is 16.2. The van der Waals surface area contributed by atoms with E-state index in [4.69, 9.17) is 5.26 Å². The molecule has 4 heteroatoms. The van der Waals surface area contributed by atoms with Crippen molar-refractivity contribution < 1.29 is 4.79 Å². The Morgan fingerprint density at radius 3 is 2.81 bits per heavy atom. The topological polar surface area (TPSA) is 59.9 Å². The normalized spacial score (nSPS) is 10.3. The van der Waals surface area contributed by atoms with Gasteiger partial charge in [-0.05, 0) is 30.3 Å². The second-order valence-corrected chi connectivity index (χ2v) is 4.77. The van der Waals surface area contributed by atoms with Gasteiger partial charge in [0, 0.05) is 24.3 Å². The number of nitrogens with one attached hydrogen (secondary N) is 1. The Morgan fingerprint density at radius 2 is 2.00 bits per heavy atom. The molecule has 3 rings (SSSR count). The van der Waals surface area contributed by atoms with E-state index in [2.05, 4.69) is 11.1 Å². The van der Waals surface area contributed by atoms with Crippen molar-refractivity contribution in [2.75, 3.05) is 11.9 Å². The number of nitriles is 1. The smallest absolute Gasteiger partial charge is 0.260 e. The summed E-state index contributed by atoms with van der Waals surface area (Å²) in [7, 11) is 1.71. The van der Waals surface area contributed by atoms with Crippen LogP contribution in [0.4, 0.5) is 5.69 Å². The maximum absolute atomic E-state index is 12.7. The van der Waals surface area contributed by atoms with Gasteiger partial charge in [-0.1, -0.05) is 18.2 Å². The van der Waals surface area contributed by atoms with Crippen LogP contribution < -0.4 is 4.90 Å². The summed E-state index contributed by atoms with van der Waals surface area (Å²) in [5, 5.41) is 9.95. The van der Waals surface area contributed by atoms with E-state index >= 15 is 0 Å². The van der Waals surface area contributed by atoms with Crippen LogP contribution in [0.1, 0.15) is 15.9 Å². The van der Waals surface area contributed by atoms with Crippen molar-refractivity contribution in [1.82, 2.24) is 4.98 Å². The summed E-state index contributed by atoms with van der Waals surface area (Å²) >= 11 is 0. The molecular formula is C17H13N3O. The number of anilines is 1. The number of carbonyl (C=O) groups is 1. The zero-order chi connectivity index (χ0) is 14.8. The maximum atomic E-state index is 12.7. The molecule has 1 amide bonds. The minimum absolute atomic E-state index is 0.113. The number of fused-ring (bicyclic) bond motifs is 1. The Morgan fingerprint density at radius 1 is 1.19 bits per heavy atom. The molecule has 0 saturated carbocycles. The first kappa shape index (κ1) is 12.9. The number of benzene rings is 2. The first-order valence-corrected chi connectivity index (χ1v) is 6.55. The molecule has 0 aliphatic carbocycles. The number of nitrogens with zero attached hydrogens (tertiary/aromatic N) is 2. The monoisotopic (exact) mass is 275 g/mol. The van der Waals surface area contributed by atoms with Gasteiger partial charge in [0.2, 0.25) is 0 Å². The number of aromatic nitrogens is 1. The molecule has 0 saturated heterocycles. The highest BCUT2D eigenvalue weighted by molar-refractivity contribution is 6.13. The predicted molar refractivity (Wildman–Crippen MR) is 82.2 cm³/mol. The number of hydrogen-bond donors (Lipinski definition) is 1. The van der Waals surface area contributed by atoms with Gasteiger partial charge in [0.25, 0.3) is 5.91 Å². The Balaban J connectivity index is 2.01. The first-order chi connectivity index (χ1) is 10.2. The number of amides is 1. The Bertz CT molecular complexity index is 858. The van der Waals surface area contributed by atoms with Crippen LogP contribution in [0.25, 0.3) is 10.9 Å². The third kappa shape index (κ3) is 2.26. The molecule has 4 nitrogen and oxygen atoms in total. The SMILES string of the molecule is CN(C(=O)c1cccc2cc[nH]c12)c1cccc(C#N)c1. The fraction of sp³-hybridized carbons (Fsp3) is 0.0588. The average Bonchev–Trinajstić information content (AvgIpc) is 3.02. The molecular weight excluding hydrogens is 262 g/mol. The Hall–Kier alpha value is -3.06. The zero-order valence-corrected chi connectivity index (χ0v) is 11.5. The van der Waals surface area contributed by atoms with Gasteiger partial charge in [0.1, 0.15) is 0 Å². The lowest BCUT2D eigenvalue weighted by Gasteiger charge is -2.18. The van der Waals surface area contributed by atoms with Crippen LogP contribution in [-0.2, 0) is 0 Å². The van der Waals surface area contributed by atoms with E-state index in [0.717, 1.165) is 10.9 Å². The summed E-state index contributed by atoms with van der Waals surface area (Å²) in [5.41, 5.74) is 2.67. The molecule has 1 aromatic heterocycles. The highest BCUT2D eigenvalue weighted by Gasteiger charge is 2.16. The lowest BCUT2D eigenvalue weighted by atomic mass is 10.1. The minimum atomic E-state index is -0.113. The Kier molecular flexibility index (Phi) is 3.17. The van der Waals surface area contributed by atoms with Gasteiger partial charge >= 0.3 is 0 Å². The highest BCUT2D eigenvalue weighted by Crippen LogP contribution is 2.21. The van der Waals surface area contributed by atoms with Gasteiger partial charge in [-0.3, -0.25) is 4.79 Å². The average molecular weight is 275 g/mol. The molecule has 0 bridgehead atoms. The van der Waals surface area contributed by atoms with E-state index in [1.165, 1.54) is 0 Å². The summed E-state index contributed by atoms with van der Waals surface area (Å²) in [6, 6.07) is 16.6. The first-order valence-electron chi connectivity index (χ1n) is 6.55. The van der Waals surface area contributed by atoms with E-state index in [1.807, 2.05) is 30.5 Å². The lowest BCUT2D eigenvalue weighted by molar-refractivity contribution is 0.0994. The van der Waals surface area contributed by atoms with E-state index < -0.39 is 0 Å². The summed E-state index contributed by atoms with van der Waals surface area (Å²) < 4.78 is 0. The van der Waals surface area contributed by atoms with Crippen LogP contribution in [0.15, 0.2) is 54.7 Å². The van der Waals surface area contributed by atoms with Crippen LogP contribution in [0.2, 0.25) is 0 Å². The van der Waals surface area contributed by atoms with E-state index in [9.17, 15) is 4.79 Å². The quantitative estimate of drug-likeness (QED) is 0.780. The van der Waals surface area contributed by atoms with Crippen molar-refractivity contribution in [3.8, 4) is 6.07 Å². The lowest BCUT2D eigenvalue weighted by Crippen LogP contribution is -2.26. The van der Waals surface area contributed by atoms with Crippen LogP contribution >= 0.6 is 0 Å². The number of rotatable bonds is 2. The fourth-order valence-electron chi connectivity index (χ4n) is 2.35. The van der Waals surface area contributed by atoms with E-state index in [0.29, 0.717) is 16.8 Å². The molecule has 1 N–H and O–H groups in total. The van der Waals surface area contributed by atoms with Gasteiger partial charge in [-0.2, -0.15) is 5.26 Å². The molecule has 0 radical (unpaired) electrons. The van der Waals surface area contributed by atoms with Gasteiger partial charge in [0.15, 0.2) is 0 Å². The molecule has 3 aromatic rings. The van der Waals surface area contributed by atoms with Gasteiger partial charge in [0.05, 0.1) is 22.7 Å². The number of aromatic amines is 1. The third-order valence-corrected chi connectivity index (χ3v) is 3.48. The van der Waals surface area contributed by atoms with Crippen molar-refractivity contribution >= 4 is 22.5 Å². The van der Waals surface area contributed by atoms with Crippen molar-refractivity contribution in [2.24, 2.45) is 0 Å². The molecule has 1 heterocycles. The van der Waals surface area contributed by atoms with Gasteiger partial charge in [-0.15, -0.1) is 0 Å². The summed E-state index contributed by atoms with van der Waals surface area (Å²) in [4.78, 5) is 17.3. The second-order valence-electron chi connectivity index (χ2n) is 4.77. The van der Waals surface area contributed by atoms with Crippen molar-refractivity contribution in [1.29, 1.82) is 5.26 Å². The molecule has 0 spiro atoms. The van der Waals surface area contributed by atoms with Gasteiger partial charge < -0.3 is 9.88 Å². The van der Waals surface area contributed by atoms with Crippen LogP contribution in [0.3, 0.4) is 0 Å². The Labute approximate surface area is 122 Å². The minimum Gasteiger partial charge on any atom is -0.361 e. The molecule has 21 heavy (non-hydrogen) atoms. The summed E-state index contributed by atoms with van der Waals surface area (Å²) in [6.07, 6.45) is 1.82. The molecule has 0 fully saturated rings. The summed E-state index contributed by atoms with van der Waals surface area (Å²) in [6.45, 7) is 0. The second kappa shape index (κ2) is 5.14. The maximum Gasteiger partial charge on any atom is 0.260 e. The van der Waals surface area contributed by atoms with E-state index in [-0.39, 0.29) is 5.91 Å². The van der Waals surface area contributed by atoms with Crippen LogP contribution in [0, 0.1) is 11.3 Å². The van der Waals surface area contributed by atoms with Crippen molar-refractivity contribution in [2.45, 2.75) is 0 Å². The zero-order valence-electron chi connectivity index (χ0n) is 11.5. The van der Waals surface area contributed by atoms with Gasteiger partial charge in [-0.25, -0.2) is 0 Å². The molecule has 0 aliphatic rings.